The van der Waals surface area contributed by atoms with Crippen LogP contribution in [0.15, 0.2) is 46.1 Å². The highest BCUT2D eigenvalue weighted by Crippen LogP contribution is 2.48. The summed E-state index contributed by atoms with van der Waals surface area (Å²) in [5.41, 5.74) is 2.86. The molecule has 0 atom stereocenters. The fourth-order valence-corrected chi connectivity index (χ4v) is 3.45. The molecule has 2 N–H and O–H groups in total. The maximum absolute atomic E-state index is 4.34. The fraction of sp³-hybridized carbons (Fsp3) is 0.474. The molecule has 1 aliphatic carbocycles. The summed E-state index contributed by atoms with van der Waals surface area (Å²) >= 11 is 3.58. The van der Waals surface area contributed by atoms with E-state index in [0.717, 1.165) is 36.5 Å². The zero-order valence-corrected chi connectivity index (χ0v) is 16.5. The number of aromatic nitrogens is 2. The molecule has 0 amide bonds. The van der Waals surface area contributed by atoms with E-state index in [-0.39, 0.29) is 5.41 Å². The van der Waals surface area contributed by atoms with Gasteiger partial charge in [-0.15, -0.1) is 0 Å². The van der Waals surface area contributed by atoms with Crippen LogP contribution in [0.4, 0.5) is 0 Å². The summed E-state index contributed by atoms with van der Waals surface area (Å²) in [7, 11) is 1.82. The minimum Gasteiger partial charge on any atom is -0.356 e. The largest absolute Gasteiger partial charge is 0.356 e. The third-order valence-corrected chi connectivity index (χ3v) is 5.22. The van der Waals surface area contributed by atoms with Gasteiger partial charge in [0.25, 0.3) is 0 Å². The molecule has 0 aliphatic heterocycles. The molecule has 0 saturated heterocycles. The van der Waals surface area contributed by atoms with Gasteiger partial charge in [-0.2, -0.15) is 5.10 Å². The van der Waals surface area contributed by atoms with E-state index in [0.29, 0.717) is 0 Å². The Labute approximate surface area is 158 Å². The molecule has 1 heterocycles. The smallest absolute Gasteiger partial charge is 0.191 e. The summed E-state index contributed by atoms with van der Waals surface area (Å²) in [6, 6.07) is 8.65. The summed E-state index contributed by atoms with van der Waals surface area (Å²) in [6.07, 6.45) is 7.43. The van der Waals surface area contributed by atoms with Crippen LogP contribution in [-0.4, -0.2) is 35.9 Å². The molecule has 6 heteroatoms. The topological polar surface area (TPSA) is 54.2 Å². The van der Waals surface area contributed by atoms with Crippen molar-refractivity contribution in [1.29, 1.82) is 0 Å². The van der Waals surface area contributed by atoms with Gasteiger partial charge < -0.3 is 10.6 Å². The highest BCUT2D eigenvalue weighted by Gasteiger charge is 2.44. The van der Waals surface area contributed by atoms with E-state index in [1.54, 1.807) is 0 Å². The molecule has 25 heavy (non-hydrogen) atoms. The van der Waals surface area contributed by atoms with Crippen LogP contribution in [-0.2, 0) is 12.0 Å². The monoisotopic (exact) mass is 403 g/mol. The molecule has 1 aromatic carbocycles. The average molecular weight is 404 g/mol. The van der Waals surface area contributed by atoms with E-state index in [1.807, 2.05) is 17.9 Å². The Morgan fingerprint density at radius 3 is 2.84 bits per heavy atom. The van der Waals surface area contributed by atoms with Crippen LogP contribution in [0.3, 0.4) is 0 Å². The summed E-state index contributed by atoms with van der Waals surface area (Å²) in [5.74, 6) is 0.873. The number of benzene rings is 1. The van der Waals surface area contributed by atoms with E-state index in [1.165, 1.54) is 24.0 Å². The van der Waals surface area contributed by atoms with Crippen LogP contribution in [0.1, 0.15) is 30.4 Å². The number of aliphatic imine (C=N–C) groups is 1. The zero-order valence-electron chi connectivity index (χ0n) is 14.9. The average Bonchev–Trinajstić information content (AvgIpc) is 3.29. The van der Waals surface area contributed by atoms with Gasteiger partial charge >= 0.3 is 0 Å². The van der Waals surface area contributed by atoms with Crippen LogP contribution in [0, 0.1) is 6.92 Å². The molecule has 0 spiro atoms. The van der Waals surface area contributed by atoms with Crippen molar-refractivity contribution < 1.29 is 0 Å². The number of nitrogens with one attached hydrogen (secondary N) is 2. The van der Waals surface area contributed by atoms with Crippen LogP contribution in [0.2, 0.25) is 0 Å². The number of aryl methyl sites for hydroxylation is 2. The Balaban J connectivity index is 1.43. The second kappa shape index (κ2) is 8.04. The van der Waals surface area contributed by atoms with Crippen molar-refractivity contribution in [2.75, 3.05) is 20.1 Å². The second-order valence-corrected chi connectivity index (χ2v) is 7.69. The maximum atomic E-state index is 4.34. The van der Waals surface area contributed by atoms with Crippen molar-refractivity contribution in [3.8, 4) is 0 Å². The predicted molar refractivity (Wildman–Crippen MR) is 106 cm³/mol. The first-order valence-corrected chi connectivity index (χ1v) is 9.60. The minimum atomic E-state index is 0.258. The van der Waals surface area contributed by atoms with Crippen LogP contribution in [0.5, 0.6) is 0 Å². The maximum Gasteiger partial charge on any atom is 0.191 e. The van der Waals surface area contributed by atoms with Crippen molar-refractivity contribution in [1.82, 2.24) is 20.4 Å². The van der Waals surface area contributed by atoms with Gasteiger partial charge in [-0.1, -0.05) is 28.1 Å². The van der Waals surface area contributed by atoms with Gasteiger partial charge in [-0.3, -0.25) is 9.67 Å². The van der Waals surface area contributed by atoms with Gasteiger partial charge in [0.2, 0.25) is 0 Å². The van der Waals surface area contributed by atoms with Crippen molar-refractivity contribution in [2.45, 2.75) is 38.1 Å². The summed E-state index contributed by atoms with van der Waals surface area (Å²) in [4.78, 5) is 4.34. The van der Waals surface area contributed by atoms with Crippen LogP contribution >= 0.6 is 15.9 Å². The lowest BCUT2D eigenvalue weighted by molar-refractivity contribution is 0.567. The fourth-order valence-electron chi connectivity index (χ4n) is 3.05. The molecule has 1 fully saturated rings. The van der Waals surface area contributed by atoms with E-state index in [9.17, 15) is 0 Å². The number of hydrogen-bond donors (Lipinski definition) is 2. The van der Waals surface area contributed by atoms with Crippen molar-refractivity contribution in [3.05, 3.63) is 52.3 Å². The van der Waals surface area contributed by atoms with E-state index in [4.69, 9.17) is 0 Å². The molecule has 3 rings (SSSR count). The summed E-state index contributed by atoms with van der Waals surface area (Å²) < 4.78 is 3.13. The number of nitrogens with zero attached hydrogens (tertiary/aromatic N) is 3. The summed E-state index contributed by atoms with van der Waals surface area (Å²) in [6.45, 7) is 4.77. The Bertz CT molecular complexity index is 733. The van der Waals surface area contributed by atoms with Gasteiger partial charge in [0.15, 0.2) is 5.96 Å². The third-order valence-electron chi connectivity index (χ3n) is 4.73. The summed E-state index contributed by atoms with van der Waals surface area (Å²) in [5, 5.41) is 11.2. The molecular formula is C19H26BrN5. The lowest BCUT2D eigenvalue weighted by Gasteiger charge is -2.19. The zero-order chi connectivity index (χ0) is 17.7. The van der Waals surface area contributed by atoms with Crippen molar-refractivity contribution in [3.63, 3.8) is 0 Å². The Kier molecular flexibility index (Phi) is 5.78. The molecule has 0 unspecified atom stereocenters. The Morgan fingerprint density at radius 1 is 1.36 bits per heavy atom. The number of rotatable bonds is 7. The minimum absolute atomic E-state index is 0.258. The predicted octanol–water partition coefficient (Wildman–Crippen LogP) is 3.24. The van der Waals surface area contributed by atoms with Gasteiger partial charge in [-0.05, 0) is 49.4 Å². The van der Waals surface area contributed by atoms with Crippen molar-refractivity contribution in [2.24, 2.45) is 4.99 Å². The third kappa shape index (κ3) is 4.84. The van der Waals surface area contributed by atoms with E-state index in [2.05, 4.69) is 74.0 Å². The molecular weight excluding hydrogens is 378 g/mol. The van der Waals surface area contributed by atoms with Crippen LogP contribution in [0.25, 0.3) is 0 Å². The van der Waals surface area contributed by atoms with Gasteiger partial charge in [0.1, 0.15) is 0 Å². The van der Waals surface area contributed by atoms with Gasteiger partial charge in [-0.25, -0.2) is 0 Å². The number of halogens is 1. The highest BCUT2D eigenvalue weighted by molar-refractivity contribution is 9.10. The molecule has 134 valence electrons. The lowest BCUT2D eigenvalue weighted by Crippen LogP contribution is -2.41. The highest BCUT2D eigenvalue weighted by atomic mass is 79.9. The molecule has 1 aromatic heterocycles. The molecule has 1 saturated carbocycles. The van der Waals surface area contributed by atoms with E-state index < -0.39 is 0 Å². The van der Waals surface area contributed by atoms with Gasteiger partial charge in [0, 0.05) is 42.8 Å². The number of guanidine groups is 1. The first-order chi connectivity index (χ1) is 12.1. The normalized spacial score (nSPS) is 15.9. The molecule has 0 bridgehead atoms. The van der Waals surface area contributed by atoms with Crippen LogP contribution < -0.4 is 10.6 Å². The SMILES string of the molecule is CN=C(NCCCn1cc(C)cn1)NCC1(c2cccc(Br)c2)CC1. The lowest BCUT2D eigenvalue weighted by atomic mass is 9.96. The first-order valence-electron chi connectivity index (χ1n) is 8.81. The van der Waals surface area contributed by atoms with Gasteiger partial charge in [0.05, 0.1) is 6.20 Å². The molecule has 0 radical (unpaired) electrons. The number of hydrogen-bond acceptors (Lipinski definition) is 2. The Morgan fingerprint density at radius 2 is 2.20 bits per heavy atom. The first kappa shape index (κ1) is 18.0. The Hall–Kier alpha value is -1.82. The molecule has 2 aromatic rings. The van der Waals surface area contributed by atoms with E-state index >= 15 is 0 Å². The molecule has 5 nitrogen and oxygen atoms in total. The standard InChI is InChI=1S/C19H26BrN5/c1-15-12-24-25(13-15)10-4-9-22-18(21-2)23-14-19(7-8-19)16-5-3-6-17(20)11-16/h3,5-6,11-13H,4,7-10,14H2,1-2H3,(H2,21,22,23). The quantitative estimate of drug-likeness (QED) is 0.423. The second-order valence-electron chi connectivity index (χ2n) is 6.78. The molecule has 1 aliphatic rings. The van der Waals surface area contributed by atoms with Crippen molar-refractivity contribution >= 4 is 21.9 Å².